The molecular weight excluding hydrogens is 346 g/mol. The molecule has 0 heterocycles. The van der Waals surface area contributed by atoms with Crippen LogP contribution in [-0.2, 0) is 11.3 Å². The zero-order chi connectivity index (χ0) is 20.1. The summed E-state index contributed by atoms with van der Waals surface area (Å²) in [7, 11) is 3.29. The second kappa shape index (κ2) is 8.64. The van der Waals surface area contributed by atoms with Crippen molar-refractivity contribution in [2.24, 2.45) is 0 Å². The molecule has 0 aliphatic heterocycles. The van der Waals surface area contributed by atoms with E-state index in [0.29, 0.717) is 12.2 Å². The summed E-state index contributed by atoms with van der Waals surface area (Å²) in [6.07, 6.45) is 0. The minimum atomic E-state index is -0.506. The highest BCUT2D eigenvalue weighted by atomic mass is 16.6. The molecule has 0 saturated carbocycles. The van der Waals surface area contributed by atoms with Crippen LogP contribution < -0.4 is 10.1 Å². The van der Waals surface area contributed by atoms with Gasteiger partial charge in [-0.2, -0.15) is 0 Å². The quantitative estimate of drug-likeness (QED) is 0.593. The summed E-state index contributed by atoms with van der Waals surface area (Å²) in [6, 6.07) is 9.96. The van der Waals surface area contributed by atoms with Gasteiger partial charge < -0.3 is 10.1 Å². The molecule has 1 amide bonds. The third kappa shape index (κ3) is 5.04. The van der Waals surface area contributed by atoms with E-state index >= 15 is 0 Å². The van der Waals surface area contributed by atoms with E-state index in [1.165, 1.54) is 36.4 Å². The van der Waals surface area contributed by atoms with Crippen molar-refractivity contribution < 1.29 is 14.5 Å². The number of non-ortho nitro benzene ring substituents is 1. The van der Waals surface area contributed by atoms with E-state index < -0.39 is 11.0 Å². The van der Waals surface area contributed by atoms with Crippen LogP contribution in [0.5, 0.6) is 5.75 Å². The van der Waals surface area contributed by atoms with Gasteiger partial charge in [0.2, 0.25) is 5.91 Å². The van der Waals surface area contributed by atoms with Gasteiger partial charge in [0, 0.05) is 12.6 Å². The molecule has 0 fully saturated rings. The summed E-state index contributed by atoms with van der Waals surface area (Å²) in [5.41, 5.74) is 3.86. The van der Waals surface area contributed by atoms with Crippen molar-refractivity contribution >= 4 is 17.3 Å². The van der Waals surface area contributed by atoms with Crippen molar-refractivity contribution in [1.82, 2.24) is 4.90 Å². The number of nitrogens with one attached hydrogen (secondary N) is 1. The highest BCUT2D eigenvalue weighted by molar-refractivity contribution is 5.96. The molecule has 0 aromatic heterocycles. The fourth-order valence-corrected chi connectivity index (χ4v) is 2.76. The molecule has 2 rings (SSSR count). The van der Waals surface area contributed by atoms with Crippen LogP contribution in [0.2, 0.25) is 0 Å². The number of carbonyl (C=O) groups excluding carboxylic acids is 1. The van der Waals surface area contributed by atoms with Gasteiger partial charge in [-0.3, -0.25) is 19.8 Å². The minimum Gasteiger partial charge on any atom is -0.494 e. The smallest absolute Gasteiger partial charge is 0.273 e. The van der Waals surface area contributed by atoms with E-state index in [1.54, 1.807) is 0 Å². The summed E-state index contributed by atoms with van der Waals surface area (Å²) in [5.74, 6) is 0.0381. The Kier molecular flexibility index (Phi) is 6.52. The van der Waals surface area contributed by atoms with Crippen molar-refractivity contribution in [3.63, 3.8) is 0 Å². The lowest BCUT2D eigenvalue weighted by molar-refractivity contribution is -0.384. The molecule has 0 bridgehead atoms. The van der Waals surface area contributed by atoms with Gasteiger partial charge in [-0.25, -0.2) is 0 Å². The second-order valence-corrected chi connectivity index (χ2v) is 6.65. The van der Waals surface area contributed by atoms with Gasteiger partial charge in [-0.05, 0) is 45.0 Å². The number of nitrogens with zero attached hydrogens (tertiary/aromatic N) is 2. The molecule has 1 N–H and O–H groups in total. The molecule has 0 spiro atoms. The first-order chi connectivity index (χ1) is 12.7. The molecule has 27 heavy (non-hydrogen) atoms. The van der Waals surface area contributed by atoms with Gasteiger partial charge in [-0.1, -0.05) is 23.8 Å². The van der Waals surface area contributed by atoms with Crippen LogP contribution >= 0.6 is 0 Å². The van der Waals surface area contributed by atoms with Crippen LogP contribution in [0.15, 0.2) is 36.4 Å². The average Bonchev–Trinajstić information content (AvgIpc) is 2.63. The largest absolute Gasteiger partial charge is 0.494 e. The lowest BCUT2D eigenvalue weighted by atomic mass is 10.0. The SMILES string of the molecule is COc1cc([N+](=O)[O-])ccc1NC(=O)[C@@H](C)N(C)Cc1ccc(C)cc1C. The van der Waals surface area contributed by atoms with Crippen molar-refractivity contribution in [2.45, 2.75) is 33.4 Å². The normalized spacial score (nSPS) is 11.9. The van der Waals surface area contributed by atoms with Crippen molar-refractivity contribution in [3.8, 4) is 5.75 Å². The van der Waals surface area contributed by atoms with E-state index in [9.17, 15) is 14.9 Å². The van der Waals surface area contributed by atoms with Gasteiger partial charge in [0.25, 0.3) is 5.69 Å². The number of nitro groups is 1. The Morgan fingerprint density at radius 3 is 2.56 bits per heavy atom. The number of hydrogen-bond donors (Lipinski definition) is 1. The number of rotatable bonds is 7. The molecule has 7 nitrogen and oxygen atoms in total. The van der Waals surface area contributed by atoms with E-state index in [1.807, 2.05) is 25.8 Å². The molecule has 1 atom stereocenters. The summed E-state index contributed by atoms with van der Waals surface area (Å²) >= 11 is 0. The summed E-state index contributed by atoms with van der Waals surface area (Å²) < 4.78 is 5.17. The highest BCUT2D eigenvalue weighted by Gasteiger charge is 2.21. The van der Waals surface area contributed by atoms with Crippen molar-refractivity contribution in [1.29, 1.82) is 0 Å². The first-order valence-electron chi connectivity index (χ1n) is 8.62. The molecule has 144 valence electrons. The highest BCUT2D eigenvalue weighted by Crippen LogP contribution is 2.29. The Hall–Kier alpha value is -2.93. The first-order valence-corrected chi connectivity index (χ1v) is 8.62. The Morgan fingerprint density at radius 2 is 1.96 bits per heavy atom. The number of likely N-dealkylation sites (N-methyl/N-ethyl adjacent to an activating group) is 1. The maximum Gasteiger partial charge on any atom is 0.273 e. The fraction of sp³-hybridized carbons (Fsp3) is 0.350. The number of carbonyl (C=O) groups is 1. The molecule has 2 aromatic rings. The topological polar surface area (TPSA) is 84.7 Å². The fourth-order valence-electron chi connectivity index (χ4n) is 2.76. The summed E-state index contributed by atoms with van der Waals surface area (Å²) in [4.78, 5) is 24.9. The Labute approximate surface area is 159 Å². The van der Waals surface area contributed by atoms with Crippen LogP contribution in [0, 0.1) is 24.0 Å². The van der Waals surface area contributed by atoms with Crippen LogP contribution in [-0.4, -0.2) is 35.9 Å². The number of anilines is 1. The van der Waals surface area contributed by atoms with E-state index in [2.05, 4.69) is 30.4 Å². The number of amides is 1. The van der Waals surface area contributed by atoms with Gasteiger partial charge in [0.15, 0.2) is 0 Å². The third-order valence-corrected chi connectivity index (χ3v) is 4.61. The third-order valence-electron chi connectivity index (χ3n) is 4.61. The van der Waals surface area contributed by atoms with Gasteiger partial charge in [0.05, 0.1) is 29.8 Å². The Morgan fingerprint density at radius 1 is 1.26 bits per heavy atom. The first kappa shape index (κ1) is 20.4. The lowest BCUT2D eigenvalue weighted by Gasteiger charge is -2.25. The molecule has 7 heteroatoms. The monoisotopic (exact) mass is 371 g/mol. The maximum atomic E-state index is 12.6. The summed E-state index contributed by atoms with van der Waals surface area (Å²) in [5, 5.41) is 13.7. The maximum absolute atomic E-state index is 12.6. The van der Waals surface area contributed by atoms with Gasteiger partial charge in [0.1, 0.15) is 5.75 Å². The molecule has 0 radical (unpaired) electrons. The molecule has 0 saturated heterocycles. The minimum absolute atomic E-state index is 0.0927. The van der Waals surface area contributed by atoms with Crippen LogP contribution in [0.25, 0.3) is 0 Å². The zero-order valence-electron chi connectivity index (χ0n) is 16.3. The summed E-state index contributed by atoms with van der Waals surface area (Å²) in [6.45, 7) is 6.56. The van der Waals surface area contributed by atoms with Crippen molar-refractivity contribution in [3.05, 3.63) is 63.2 Å². The second-order valence-electron chi connectivity index (χ2n) is 6.65. The lowest BCUT2D eigenvalue weighted by Crippen LogP contribution is -2.39. The molecule has 2 aromatic carbocycles. The number of benzene rings is 2. The van der Waals surface area contributed by atoms with Crippen LogP contribution in [0.3, 0.4) is 0 Å². The number of methoxy groups -OCH3 is 1. The van der Waals surface area contributed by atoms with Gasteiger partial charge in [-0.15, -0.1) is 0 Å². The van der Waals surface area contributed by atoms with Crippen molar-refractivity contribution in [2.75, 3.05) is 19.5 Å². The molecule has 0 aliphatic carbocycles. The van der Waals surface area contributed by atoms with E-state index in [4.69, 9.17) is 4.74 Å². The van der Waals surface area contributed by atoms with Crippen LogP contribution in [0.1, 0.15) is 23.6 Å². The average molecular weight is 371 g/mol. The standard InChI is InChI=1S/C20H25N3O4/c1-13-6-7-16(14(2)10-13)12-22(4)15(3)20(24)21-18-9-8-17(23(25)26)11-19(18)27-5/h6-11,15H,12H2,1-5H3,(H,21,24)/t15-/m1/s1. The van der Waals surface area contributed by atoms with E-state index in [-0.39, 0.29) is 17.3 Å². The van der Waals surface area contributed by atoms with Crippen LogP contribution in [0.4, 0.5) is 11.4 Å². The predicted molar refractivity (Wildman–Crippen MR) is 105 cm³/mol. The molecule has 0 aliphatic rings. The zero-order valence-corrected chi connectivity index (χ0v) is 16.3. The number of hydrogen-bond acceptors (Lipinski definition) is 5. The number of ether oxygens (including phenoxy) is 1. The molecule has 0 unspecified atom stereocenters. The predicted octanol–water partition coefficient (Wildman–Crippen LogP) is 3.68. The number of aryl methyl sites for hydroxylation is 2. The van der Waals surface area contributed by atoms with E-state index in [0.717, 1.165) is 5.56 Å². The van der Waals surface area contributed by atoms with Gasteiger partial charge >= 0.3 is 0 Å². The Bertz CT molecular complexity index is 851. The number of nitro benzene ring substituents is 1. The molecular formula is C20H25N3O4. The Balaban J connectivity index is 2.09.